The number of carbonyl (C=O) groups is 2. The van der Waals surface area contributed by atoms with Crippen molar-refractivity contribution in [1.82, 2.24) is 0 Å². The molecule has 0 saturated carbocycles. The molecule has 1 aromatic carbocycles. The van der Waals surface area contributed by atoms with Gasteiger partial charge in [0, 0.05) is 10.6 Å². The molecule has 0 aliphatic rings. The molecule has 0 saturated heterocycles. The van der Waals surface area contributed by atoms with Crippen LogP contribution in [0.3, 0.4) is 0 Å². The Kier molecular flexibility index (Phi) is 6.93. The number of hydrogen-bond donors (Lipinski definition) is 1. The summed E-state index contributed by atoms with van der Waals surface area (Å²) in [5.41, 5.74) is 0.898. The molecule has 0 atom stereocenters. The molecule has 5 nitrogen and oxygen atoms in total. The zero-order chi connectivity index (χ0) is 15.0. The van der Waals surface area contributed by atoms with E-state index in [1.54, 1.807) is 13.0 Å². The van der Waals surface area contributed by atoms with Gasteiger partial charge in [0.2, 0.25) is 0 Å². The monoisotopic (exact) mass is 298 g/mol. The van der Waals surface area contributed by atoms with Crippen molar-refractivity contribution < 1.29 is 24.2 Å². The highest BCUT2D eigenvalue weighted by molar-refractivity contribution is 7.99. The summed E-state index contributed by atoms with van der Waals surface area (Å²) in [5.74, 6) is -0.0475. The maximum Gasteiger partial charge on any atom is 0.344 e. The number of carbonyl (C=O) groups excluding carboxylic acids is 1. The van der Waals surface area contributed by atoms with Crippen LogP contribution in [0.4, 0.5) is 0 Å². The van der Waals surface area contributed by atoms with Gasteiger partial charge in [-0.25, -0.2) is 4.79 Å². The van der Waals surface area contributed by atoms with Crippen molar-refractivity contribution in [3.63, 3.8) is 0 Å². The zero-order valence-corrected chi connectivity index (χ0v) is 12.4. The molecule has 0 aliphatic carbocycles. The predicted octanol–water partition coefficient (Wildman–Crippen LogP) is 2.50. The van der Waals surface area contributed by atoms with Crippen LogP contribution in [-0.4, -0.2) is 36.0 Å². The standard InChI is InChI=1S/C14H18O5S/c1-3-18-14(17)9-19-12-5-4-11(8-10(12)2)20-7-6-13(15)16/h4-5,8H,3,6-7,9H2,1-2H3,(H,15,16). The number of benzene rings is 1. The van der Waals surface area contributed by atoms with Gasteiger partial charge in [0.1, 0.15) is 5.75 Å². The van der Waals surface area contributed by atoms with Crippen LogP contribution in [-0.2, 0) is 14.3 Å². The van der Waals surface area contributed by atoms with Crippen molar-refractivity contribution in [3.8, 4) is 5.75 Å². The molecular weight excluding hydrogens is 280 g/mol. The van der Waals surface area contributed by atoms with Gasteiger partial charge in [-0.05, 0) is 37.6 Å². The molecule has 0 aliphatic heterocycles. The summed E-state index contributed by atoms with van der Waals surface area (Å²) < 4.78 is 10.1. The average Bonchev–Trinajstić information content (AvgIpc) is 2.37. The fourth-order valence-electron chi connectivity index (χ4n) is 1.47. The number of carboxylic acid groups (broad SMARTS) is 1. The highest BCUT2D eigenvalue weighted by Crippen LogP contribution is 2.26. The normalized spacial score (nSPS) is 10.1. The van der Waals surface area contributed by atoms with Crippen LogP contribution in [0, 0.1) is 6.92 Å². The Bertz CT molecular complexity index is 473. The van der Waals surface area contributed by atoms with Gasteiger partial charge in [-0.2, -0.15) is 0 Å². The van der Waals surface area contributed by atoms with Gasteiger partial charge < -0.3 is 14.6 Å². The van der Waals surface area contributed by atoms with Crippen molar-refractivity contribution in [3.05, 3.63) is 23.8 Å². The summed E-state index contributed by atoms with van der Waals surface area (Å²) in [7, 11) is 0. The molecule has 0 fully saturated rings. The molecule has 1 N–H and O–H groups in total. The van der Waals surface area contributed by atoms with E-state index in [1.807, 2.05) is 19.1 Å². The fourth-order valence-corrected chi connectivity index (χ4v) is 2.41. The molecular formula is C14H18O5S. The Morgan fingerprint density at radius 2 is 2.10 bits per heavy atom. The third kappa shape index (κ3) is 5.97. The van der Waals surface area contributed by atoms with E-state index in [9.17, 15) is 9.59 Å². The van der Waals surface area contributed by atoms with E-state index in [4.69, 9.17) is 14.6 Å². The summed E-state index contributed by atoms with van der Waals surface area (Å²) in [6.45, 7) is 3.84. The SMILES string of the molecule is CCOC(=O)COc1ccc(SCCC(=O)O)cc1C. The predicted molar refractivity (Wildman–Crippen MR) is 76.3 cm³/mol. The Morgan fingerprint density at radius 1 is 1.35 bits per heavy atom. The number of ether oxygens (including phenoxy) is 2. The first kappa shape index (κ1) is 16.4. The summed E-state index contributed by atoms with van der Waals surface area (Å²) in [4.78, 5) is 22.6. The Hall–Kier alpha value is -1.69. The van der Waals surface area contributed by atoms with Gasteiger partial charge in [-0.3, -0.25) is 4.79 Å². The van der Waals surface area contributed by atoms with E-state index < -0.39 is 11.9 Å². The Morgan fingerprint density at radius 3 is 2.70 bits per heavy atom. The summed E-state index contributed by atoms with van der Waals surface area (Å²) >= 11 is 1.48. The van der Waals surface area contributed by atoms with Crippen LogP contribution in [0.25, 0.3) is 0 Å². The average molecular weight is 298 g/mol. The van der Waals surface area contributed by atoms with Gasteiger partial charge >= 0.3 is 11.9 Å². The third-order valence-electron chi connectivity index (χ3n) is 2.38. The fraction of sp³-hybridized carbons (Fsp3) is 0.429. The van der Waals surface area contributed by atoms with E-state index in [-0.39, 0.29) is 13.0 Å². The molecule has 6 heteroatoms. The second kappa shape index (κ2) is 8.47. The second-order valence-electron chi connectivity index (χ2n) is 4.01. The highest BCUT2D eigenvalue weighted by Gasteiger charge is 2.06. The topological polar surface area (TPSA) is 72.8 Å². The van der Waals surface area contributed by atoms with E-state index in [1.165, 1.54) is 11.8 Å². The van der Waals surface area contributed by atoms with Crippen molar-refractivity contribution in [2.75, 3.05) is 19.0 Å². The van der Waals surface area contributed by atoms with Gasteiger partial charge in [0.25, 0.3) is 0 Å². The number of hydrogen-bond acceptors (Lipinski definition) is 5. The van der Waals surface area contributed by atoms with Gasteiger partial charge in [-0.1, -0.05) is 0 Å². The molecule has 0 bridgehead atoms. The summed E-state index contributed by atoms with van der Waals surface area (Å²) in [6, 6.07) is 5.53. The molecule has 0 radical (unpaired) electrons. The van der Waals surface area contributed by atoms with Gasteiger partial charge in [0.15, 0.2) is 6.61 Å². The lowest BCUT2D eigenvalue weighted by Crippen LogP contribution is -2.14. The largest absolute Gasteiger partial charge is 0.482 e. The first-order valence-corrected chi connectivity index (χ1v) is 7.25. The van der Waals surface area contributed by atoms with Crippen LogP contribution >= 0.6 is 11.8 Å². The number of carboxylic acids is 1. The number of aliphatic carboxylic acids is 1. The number of thioether (sulfide) groups is 1. The van der Waals surface area contributed by atoms with Crippen LogP contribution in [0.15, 0.2) is 23.1 Å². The van der Waals surface area contributed by atoms with Crippen LogP contribution in [0.1, 0.15) is 18.9 Å². The first-order chi connectivity index (χ1) is 9.52. The molecule has 20 heavy (non-hydrogen) atoms. The molecule has 0 spiro atoms. The number of rotatable bonds is 8. The second-order valence-corrected chi connectivity index (χ2v) is 5.18. The van der Waals surface area contributed by atoms with E-state index in [2.05, 4.69) is 0 Å². The number of aryl methyl sites for hydroxylation is 1. The first-order valence-electron chi connectivity index (χ1n) is 6.26. The molecule has 0 unspecified atom stereocenters. The molecule has 0 amide bonds. The van der Waals surface area contributed by atoms with E-state index in [0.29, 0.717) is 18.1 Å². The number of esters is 1. The van der Waals surface area contributed by atoms with E-state index >= 15 is 0 Å². The third-order valence-corrected chi connectivity index (χ3v) is 3.38. The van der Waals surface area contributed by atoms with Crippen molar-refractivity contribution >= 4 is 23.7 Å². The Balaban J connectivity index is 2.50. The summed E-state index contributed by atoms with van der Waals surface area (Å²) in [5, 5.41) is 8.58. The molecule has 110 valence electrons. The van der Waals surface area contributed by atoms with Gasteiger partial charge in [-0.15, -0.1) is 11.8 Å². The molecule has 1 aromatic rings. The minimum atomic E-state index is -0.802. The molecule has 1 rings (SSSR count). The Labute approximate surface area is 122 Å². The molecule has 0 heterocycles. The van der Waals surface area contributed by atoms with Crippen molar-refractivity contribution in [1.29, 1.82) is 0 Å². The molecule has 0 aromatic heterocycles. The van der Waals surface area contributed by atoms with Crippen molar-refractivity contribution in [2.24, 2.45) is 0 Å². The lowest BCUT2D eigenvalue weighted by Gasteiger charge is -2.10. The van der Waals surface area contributed by atoms with E-state index in [0.717, 1.165) is 10.5 Å². The van der Waals surface area contributed by atoms with Crippen LogP contribution in [0.5, 0.6) is 5.75 Å². The maximum absolute atomic E-state index is 11.2. The lowest BCUT2D eigenvalue weighted by molar-refractivity contribution is -0.145. The van der Waals surface area contributed by atoms with Crippen molar-refractivity contribution in [2.45, 2.75) is 25.2 Å². The minimum absolute atomic E-state index is 0.111. The smallest absolute Gasteiger partial charge is 0.344 e. The van der Waals surface area contributed by atoms with Crippen LogP contribution < -0.4 is 4.74 Å². The maximum atomic E-state index is 11.2. The quantitative estimate of drug-likeness (QED) is 0.587. The zero-order valence-electron chi connectivity index (χ0n) is 11.5. The minimum Gasteiger partial charge on any atom is -0.482 e. The highest BCUT2D eigenvalue weighted by atomic mass is 32.2. The summed E-state index contributed by atoms with van der Waals surface area (Å²) in [6.07, 6.45) is 0.130. The van der Waals surface area contributed by atoms with Gasteiger partial charge in [0.05, 0.1) is 13.0 Å². The van der Waals surface area contributed by atoms with Crippen LogP contribution in [0.2, 0.25) is 0 Å². The lowest BCUT2D eigenvalue weighted by atomic mass is 10.2.